The topological polar surface area (TPSA) is 67.2 Å². The predicted molar refractivity (Wildman–Crippen MR) is 114 cm³/mol. The van der Waals surface area contributed by atoms with Crippen molar-refractivity contribution in [2.24, 2.45) is 5.10 Å². The zero-order valence-electron chi connectivity index (χ0n) is 14.9. The van der Waals surface area contributed by atoms with Gasteiger partial charge in [-0.25, -0.2) is 15.4 Å². The number of benzene rings is 2. The standard InChI is InChI=1S/C20H16Cl2N4OS/c1-13(17-8-7-16(21)11-18(17)22)25-26-19(27)15-5-3-14(4-6-15)12-28-20-23-9-2-10-24-20/h2-11H,12H2,1H3,(H,26,27). The number of carbonyl (C=O) groups excluding carboxylic acids is 1. The van der Waals surface area contributed by atoms with Crippen LogP contribution < -0.4 is 5.43 Å². The highest BCUT2D eigenvalue weighted by Crippen LogP contribution is 2.21. The van der Waals surface area contributed by atoms with Gasteiger partial charge in [0.1, 0.15) is 0 Å². The van der Waals surface area contributed by atoms with E-state index in [4.69, 9.17) is 23.2 Å². The Labute approximate surface area is 177 Å². The minimum absolute atomic E-state index is 0.296. The van der Waals surface area contributed by atoms with Crippen LogP contribution >= 0.6 is 35.0 Å². The van der Waals surface area contributed by atoms with Gasteiger partial charge in [-0.1, -0.05) is 53.2 Å². The summed E-state index contributed by atoms with van der Waals surface area (Å²) in [6.07, 6.45) is 3.42. The lowest BCUT2D eigenvalue weighted by Gasteiger charge is -2.06. The number of rotatable bonds is 6. The van der Waals surface area contributed by atoms with E-state index in [-0.39, 0.29) is 5.91 Å². The van der Waals surface area contributed by atoms with Crippen molar-refractivity contribution < 1.29 is 4.79 Å². The molecule has 2 aromatic carbocycles. The number of nitrogens with one attached hydrogen (secondary N) is 1. The maximum absolute atomic E-state index is 12.3. The van der Waals surface area contributed by atoms with E-state index in [1.807, 2.05) is 12.1 Å². The molecule has 1 amide bonds. The molecule has 0 saturated heterocycles. The first-order chi connectivity index (χ1) is 13.5. The summed E-state index contributed by atoms with van der Waals surface area (Å²) < 4.78 is 0. The second-order valence-corrected chi connectivity index (χ2v) is 7.57. The molecule has 0 bridgehead atoms. The lowest BCUT2D eigenvalue weighted by atomic mass is 10.1. The molecule has 3 rings (SSSR count). The van der Waals surface area contributed by atoms with Crippen LogP contribution in [0.25, 0.3) is 0 Å². The van der Waals surface area contributed by atoms with Crippen molar-refractivity contribution >= 4 is 46.6 Å². The zero-order chi connectivity index (χ0) is 19.9. The number of nitrogens with zero attached hydrogens (tertiary/aromatic N) is 3. The molecule has 142 valence electrons. The van der Waals surface area contributed by atoms with Crippen LogP contribution in [0.4, 0.5) is 0 Å². The molecule has 0 aliphatic carbocycles. The normalized spacial score (nSPS) is 11.3. The first-order valence-electron chi connectivity index (χ1n) is 8.32. The minimum atomic E-state index is -0.296. The number of hydrogen-bond acceptors (Lipinski definition) is 5. The zero-order valence-corrected chi connectivity index (χ0v) is 17.2. The molecule has 3 aromatic rings. The molecule has 1 N–H and O–H groups in total. The van der Waals surface area contributed by atoms with Crippen molar-refractivity contribution in [1.82, 2.24) is 15.4 Å². The van der Waals surface area contributed by atoms with Gasteiger partial charge in [0.05, 0.1) is 10.7 Å². The second-order valence-electron chi connectivity index (χ2n) is 5.78. The molecule has 28 heavy (non-hydrogen) atoms. The molecule has 0 spiro atoms. The first kappa shape index (κ1) is 20.3. The van der Waals surface area contributed by atoms with E-state index in [0.717, 1.165) is 16.5 Å². The molecular weight excluding hydrogens is 415 g/mol. The minimum Gasteiger partial charge on any atom is -0.267 e. The highest BCUT2D eigenvalue weighted by atomic mass is 35.5. The summed E-state index contributed by atoms with van der Waals surface area (Å²) in [4.78, 5) is 20.7. The van der Waals surface area contributed by atoms with Crippen molar-refractivity contribution in [2.45, 2.75) is 17.8 Å². The van der Waals surface area contributed by atoms with Gasteiger partial charge in [0.2, 0.25) is 0 Å². The quantitative estimate of drug-likeness (QED) is 0.251. The first-order valence-corrected chi connectivity index (χ1v) is 10.1. The summed E-state index contributed by atoms with van der Waals surface area (Å²) in [5.74, 6) is 0.424. The van der Waals surface area contributed by atoms with E-state index < -0.39 is 0 Å². The second kappa shape index (κ2) is 9.68. The van der Waals surface area contributed by atoms with Crippen LogP contribution in [0.3, 0.4) is 0 Å². The van der Waals surface area contributed by atoms with Crippen molar-refractivity contribution in [3.05, 3.63) is 87.7 Å². The lowest BCUT2D eigenvalue weighted by molar-refractivity contribution is 0.0955. The number of halogens is 2. The maximum Gasteiger partial charge on any atom is 0.271 e. The number of hydrazone groups is 1. The van der Waals surface area contributed by atoms with Gasteiger partial charge in [-0.3, -0.25) is 4.79 Å². The van der Waals surface area contributed by atoms with Crippen LogP contribution in [0.1, 0.15) is 28.4 Å². The van der Waals surface area contributed by atoms with Gasteiger partial charge in [-0.2, -0.15) is 5.10 Å². The molecular formula is C20H16Cl2N4OS. The van der Waals surface area contributed by atoms with Gasteiger partial charge in [0, 0.05) is 34.3 Å². The van der Waals surface area contributed by atoms with E-state index in [1.165, 1.54) is 11.8 Å². The van der Waals surface area contributed by atoms with Gasteiger partial charge >= 0.3 is 0 Å². The summed E-state index contributed by atoms with van der Waals surface area (Å²) in [5.41, 5.74) is 5.44. The van der Waals surface area contributed by atoms with Gasteiger partial charge in [-0.15, -0.1) is 0 Å². The molecule has 0 aliphatic rings. The Kier molecular flexibility index (Phi) is 7.03. The van der Waals surface area contributed by atoms with Crippen molar-refractivity contribution in [2.75, 3.05) is 0 Å². The third-order valence-electron chi connectivity index (χ3n) is 3.77. The van der Waals surface area contributed by atoms with Crippen LogP contribution in [0.5, 0.6) is 0 Å². The third kappa shape index (κ3) is 5.55. The predicted octanol–water partition coefficient (Wildman–Crippen LogP) is 5.23. The van der Waals surface area contributed by atoms with Crippen LogP contribution in [-0.2, 0) is 5.75 Å². The van der Waals surface area contributed by atoms with E-state index >= 15 is 0 Å². The highest BCUT2D eigenvalue weighted by Gasteiger charge is 2.08. The van der Waals surface area contributed by atoms with Gasteiger partial charge in [-0.05, 0) is 42.8 Å². The number of amides is 1. The lowest BCUT2D eigenvalue weighted by Crippen LogP contribution is -2.19. The number of carbonyl (C=O) groups is 1. The molecule has 0 saturated carbocycles. The Balaban J connectivity index is 1.59. The fourth-order valence-electron chi connectivity index (χ4n) is 2.30. The molecule has 0 atom stereocenters. The molecule has 8 heteroatoms. The molecule has 0 radical (unpaired) electrons. The summed E-state index contributed by atoms with van der Waals surface area (Å²) in [7, 11) is 0. The Morgan fingerprint density at radius 1 is 1.11 bits per heavy atom. The van der Waals surface area contributed by atoms with Crippen molar-refractivity contribution in [3.63, 3.8) is 0 Å². The van der Waals surface area contributed by atoms with E-state index in [1.54, 1.807) is 55.7 Å². The monoisotopic (exact) mass is 430 g/mol. The molecule has 0 unspecified atom stereocenters. The SMILES string of the molecule is CC(=NNC(=O)c1ccc(CSc2ncccn2)cc1)c1ccc(Cl)cc1Cl. The summed E-state index contributed by atoms with van der Waals surface area (Å²) >= 11 is 13.6. The molecule has 5 nitrogen and oxygen atoms in total. The van der Waals surface area contributed by atoms with Crippen molar-refractivity contribution in [3.8, 4) is 0 Å². The average molecular weight is 431 g/mol. The van der Waals surface area contributed by atoms with Crippen LogP contribution in [-0.4, -0.2) is 21.6 Å². The summed E-state index contributed by atoms with van der Waals surface area (Å²) in [5, 5.41) is 5.87. The smallest absolute Gasteiger partial charge is 0.267 e. The van der Waals surface area contributed by atoms with Crippen LogP contribution in [0.15, 0.2) is 71.2 Å². The Morgan fingerprint density at radius 3 is 2.50 bits per heavy atom. The fraction of sp³-hybridized carbons (Fsp3) is 0.100. The van der Waals surface area contributed by atoms with E-state index in [0.29, 0.717) is 26.9 Å². The maximum atomic E-state index is 12.3. The molecule has 1 aromatic heterocycles. The summed E-state index contributed by atoms with van der Waals surface area (Å²) in [6, 6.07) is 14.2. The van der Waals surface area contributed by atoms with Gasteiger partial charge in [0.25, 0.3) is 5.91 Å². The summed E-state index contributed by atoms with van der Waals surface area (Å²) in [6.45, 7) is 1.77. The average Bonchev–Trinajstić information content (AvgIpc) is 2.71. The highest BCUT2D eigenvalue weighted by molar-refractivity contribution is 7.98. The van der Waals surface area contributed by atoms with Crippen LogP contribution in [0.2, 0.25) is 10.0 Å². The molecule has 1 heterocycles. The number of hydrogen-bond donors (Lipinski definition) is 1. The van der Waals surface area contributed by atoms with Gasteiger partial charge < -0.3 is 0 Å². The largest absolute Gasteiger partial charge is 0.271 e. The fourth-order valence-corrected chi connectivity index (χ4v) is 3.61. The van der Waals surface area contributed by atoms with E-state index in [2.05, 4.69) is 20.5 Å². The third-order valence-corrected chi connectivity index (χ3v) is 5.27. The molecule has 0 aliphatic heterocycles. The molecule has 0 fully saturated rings. The van der Waals surface area contributed by atoms with Gasteiger partial charge in [0.15, 0.2) is 5.16 Å². The Bertz CT molecular complexity index is 995. The number of thioether (sulfide) groups is 1. The van der Waals surface area contributed by atoms with E-state index in [9.17, 15) is 4.79 Å². The Hall–Kier alpha value is -2.41. The van der Waals surface area contributed by atoms with Crippen LogP contribution in [0, 0.1) is 0 Å². The number of aromatic nitrogens is 2. The Morgan fingerprint density at radius 2 is 1.82 bits per heavy atom. The van der Waals surface area contributed by atoms with Crippen molar-refractivity contribution in [1.29, 1.82) is 0 Å².